The number of nitrogens with zero attached hydrogens (tertiary/aromatic N) is 3. The highest BCUT2D eigenvalue weighted by atomic mass is 16.5. The summed E-state index contributed by atoms with van der Waals surface area (Å²) in [6.45, 7) is 1.37. The first kappa shape index (κ1) is 23.1. The molecule has 1 saturated heterocycles. The third-order valence-electron chi connectivity index (χ3n) is 5.64. The number of aromatic nitrogens is 2. The molecule has 1 atom stereocenters. The number of anilines is 1. The summed E-state index contributed by atoms with van der Waals surface area (Å²) in [5.41, 5.74) is 13.2. The summed E-state index contributed by atoms with van der Waals surface area (Å²) < 4.78 is 12.4. The summed E-state index contributed by atoms with van der Waals surface area (Å²) in [4.78, 5) is 26.4. The molecule has 4 rings (SSSR count). The van der Waals surface area contributed by atoms with Crippen LogP contribution in [0.15, 0.2) is 66.7 Å². The minimum Gasteiger partial charge on any atom is -0.457 e. The van der Waals surface area contributed by atoms with Crippen LogP contribution in [0.2, 0.25) is 0 Å². The van der Waals surface area contributed by atoms with Crippen molar-refractivity contribution in [2.45, 2.75) is 12.5 Å². The third kappa shape index (κ3) is 4.94. The molecule has 2 heterocycles. The maximum atomic E-state index is 12.4. The van der Waals surface area contributed by atoms with Gasteiger partial charge in [-0.3, -0.25) is 9.59 Å². The Morgan fingerprint density at radius 1 is 1.12 bits per heavy atom. The van der Waals surface area contributed by atoms with Gasteiger partial charge in [-0.1, -0.05) is 24.3 Å². The number of rotatable bonds is 8. The van der Waals surface area contributed by atoms with Crippen LogP contribution in [0.1, 0.15) is 22.8 Å². The van der Waals surface area contributed by atoms with Crippen LogP contribution in [0, 0.1) is 0 Å². The number of hydrogen-bond donors (Lipinski definition) is 2. The average Bonchev–Trinajstić information content (AvgIpc) is 3.45. The standard InChI is InChI=1S/C25H27N5O4/c1-33-15-5-8-21(31)29-14-13-18(16-29)30-24(26)22(25(27)32)23(28-30)17-9-11-20(12-10-17)34-19-6-3-2-4-7-19/h2-12,18H,13-16,26H2,1H3,(H2,27,32). The van der Waals surface area contributed by atoms with Gasteiger partial charge >= 0.3 is 0 Å². The quantitative estimate of drug-likeness (QED) is 0.497. The molecular formula is C25H27N5O4. The second kappa shape index (κ2) is 10.2. The van der Waals surface area contributed by atoms with E-state index in [-0.39, 0.29) is 23.3 Å². The highest BCUT2D eigenvalue weighted by molar-refractivity contribution is 6.03. The van der Waals surface area contributed by atoms with E-state index < -0.39 is 5.91 Å². The summed E-state index contributed by atoms with van der Waals surface area (Å²) in [6, 6.07) is 16.5. The second-order valence-electron chi connectivity index (χ2n) is 7.94. The molecule has 1 unspecified atom stereocenters. The zero-order chi connectivity index (χ0) is 24.1. The SMILES string of the molecule is COCC=CC(=O)N1CCC(n2nc(-c3ccc(Oc4ccccc4)cc3)c(C(N)=O)c2N)C1. The smallest absolute Gasteiger partial charge is 0.254 e. The summed E-state index contributed by atoms with van der Waals surface area (Å²) in [7, 11) is 1.57. The minimum atomic E-state index is -0.656. The predicted molar refractivity (Wildman–Crippen MR) is 128 cm³/mol. The molecule has 0 spiro atoms. The molecule has 4 N–H and O–H groups in total. The number of benzene rings is 2. The Bertz CT molecular complexity index is 1190. The Balaban J connectivity index is 1.55. The zero-order valence-corrected chi connectivity index (χ0v) is 18.9. The van der Waals surface area contributed by atoms with E-state index in [4.69, 9.17) is 20.9 Å². The van der Waals surface area contributed by atoms with Gasteiger partial charge < -0.3 is 25.8 Å². The molecule has 1 fully saturated rings. The molecule has 1 aromatic heterocycles. The van der Waals surface area contributed by atoms with E-state index in [2.05, 4.69) is 5.10 Å². The Hall–Kier alpha value is -4.11. The number of para-hydroxylation sites is 1. The highest BCUT2D eigenvalue weighted by Gasteiger charge is 2.31. The maximum absolute atomic E-state index is 12.4. The van der Waals surface area contributed by atoms with E-state index in [1.54, 1.807) is 34.9 Å². The van der Waals surface area contributed by atoms with Crippen molar-refractivity contribution >= 4 is 17.6 Å². The fourth-order valence-corrected chi connectivity index (χ4v) is 3.97. The number of amides is 2. The van der Waals surface area contributed by atoms with Crippen molar-refractivity contribution in [2.24, 2.45) is 5.73 Å². The lowest BCUT2D eigenvalue weighted by molar-refractivity contribution is -0.125. The van der Waals surface area contributed by atoms with Crippen LogP contribution in [-0.2, 0) is 9.53 Å². The zero-order valence-electron chi connectivity index (χ0n) is 18.9. The Morgan fingerprint density at radius 2 is 1.82 bits per heavy atom. The normalized spacial score (nSPS) is 15.7. The number of ether oxygens (including phenoxy) is 2. The Kier molecular flexibility index (Phi) is 6.93. The van der Waals surface area contributed by atoms with Crippen LogP contribution in [0.25, 0.3) is 11.3 Å². The van der Waals surface area contributed by atoms with Gasteiger partial charge in [-0.2, -0.15) is 5.10 Å². The molecule has 0 aliphatic carbocycles. The number of nitrogen functional groups attached to an aromatic ring is 1. The molecule has 3 aromatic rings. The minimum absolute atomic E-state index is 0.102. The van der Waals surface area contributed by atoms with Crippen molar-refractivity contribution in [1.29, 1.82) is 0 Å². The van der Waals surface area contributed by atoms with Gasteiger partial charge in [0.25, 0.3) is 5.91 Å². The predicted octanol–water partition coefficient (Wildman–Crippen LogP) is 3.00. The molecule has 9 nitrogen and oxygen atoms in total. The van der Waals surface area contributed by atoms with E-state index in [1.165, 1.54) is 6.08 Å². The number of carbonyl (C=O) groups is 2. The van der Waals surface area contributed by atoms with Crippen LogP contribution in [0.3, 0.4) is 0 Å². The highest BCUT2D eigenvalue weighted by Crippen LogP contribution is 2.33. The van der Waals surface area contributed by atoms with Gasteiger partial charge in [0.05, 0.1) is 12.6 Å². The van der Waals surface area contributed by atoms with Crippen LogP contribution >= 0.6 is 0 Å². The van der Waals surface area contributed by atoms with Gasteiger partial charge in [0.2, 0.25) is 5.91 Å². The Morgan fingerprint density at radius 3 is 2.50 bits per heavy atom. The summed E-state index contributed by atoms with van der Waals surface area (Å²) in [5.74, 6) is 0.807. The van der Waals surface area contributed by atoms with E-state index in [9.17, 15) is 9.59 Å². The monoisotopic (exact) mass is 461 g/mol. The van der Waals surface area contributed by atoms with E-state index >= 15 is 0 Å². The number of nitrogens with two attached hydrogens (primary N) is 2. The van der Waals surface area contributed by atoms with Gasteiger partial charge in [-0.15, -0.1) is 0 Å². The summed E-state index contributed by atoms with van der Waals surface area (Å²) >= 11 is 0. The number of carbonyl (C=O) groups excluding carboxylic acids is 2. The largest absolute Gasteiger partial charge is 0.457 e. The first-order chi connectivity index (χ1) is 16.5. The van der Waals surface area contributed by atoms with Gasteiger partial charge in [-0.05, 0) is 42.8 Å². The van der Waals surface area contributed by atoms with Crippen molar-refractivity contribution < 1.29 is 19.1 Å². The van der Waals surface area contributed by atoms with Crippen LogP contribution in [-0.4, -0.2) is 53.3 Å². The van der Waals surface area contributed by atoms with E-state index in [1.807, 2.05) is 42.5 Å². The van der Waals surface area contributed by atoms with Crippen molar-refractivity contribution in [2.75, 3.05) is 32.5 Å². The second-order valence-corrected chi connectivity index (χ2v) is 7.94. The molecular weight excluding hydrogens is 434 g/mol. The lowest BCUT2D eigenvalue weighted by Crippen LogP contribution is -2.28. The third-order valence-corrected chi connectivity index (χ3v) is 5.64. The molecule has 9 heteroatoms. The molecule has 0 saturated carbocycles. The summed E-state index contributed by atoms with van der Waals surface area (Å²) in [5, 5.41) is 4.64. The molecule has 2 aromatic carbocycles. The molecule has 0 bridgehead atoms. The van der Waals surface area contributed by atoms with Crippen LogP contribution in [0.5, 0.6) is 11.5 Å². The lowest BCUT2D eigenvalue weighted by Gasteiger charge is -2.15. The van der Waals surface area contributed by atoms with Crippen molar-refractivity contribution in [1.82, 2.24) is 14.7 Å². The molecule has 0 radical (unpaired) electrons. The Labute approximate surface area is 197 Å². The number of methoxy groups -OCH3 is 1. The number of likely N-dealkylation sites (tertiary alicyclic amines) is 1. The van der Waals surface area contributed by atoms with Crippen molar-refractivity contribution in [3.8, 4) is 22.8 Å². The first-order valence-corrected chi connectivity index (χ1v) is 10.9. The fraction of sp³-hybridized carbons (Fsp3) is 0.240. The number of primary amides is 1. The van der Waals surface area contributed by atoms with Gasteiger partial charge in [0, 0.05) is 31.8 Å². The molecule has 34 heavy (non-hydrogen) atoms. The fourth-order valence-electron chi connectivity index (χ4n) is 3.97. The maximum Gasteiger partial charge on any atom is 0.254 e. The number of hydrogen-bond acceptors (Lipinski definition) is 6. The van der Waals surface area contributed by atoms with Gasteiger partial charge in [-0.25, -0.2) is 4.68 Å². The van der Waals surface area contributed by atoms with Crippen molar-refractivity contribution in [3.63, 3.8) is 0 Å². The lowest BCUT2D eigenvalue weighted by atomic mass is 10.1. The molecule has 176 valence electrons. The average molecular weight is 462 g/mol. The van der Waals surface area contributed by atoms with Crippen LogP contribution in [0.4, 0.5) is 5.82 Å². The molecule has 1 aliphatic heterocycles. The van der Waals surface area contributed by atoms with Gasteiger partial charge in [0.1, 0.15) is 28.6 Å². The van der Waals surface area contributed by atoms with Crippen molar-refractivity contribution in [3.05, 3.63) is 72.3 Å². The van der Waals surface area contributed by atoms with Crippen LogP contribution < -0.4 is 16.2 Å². The van der Waals surface area contributed by atoms with E-state index in [0.29, 0.717) is 43.1 Å². The molecule has 2 amide bonds. The molecule has 1 aliphatic rings. The van der Waals surface area contributed by atoms with Gasteiger partial charge in [0.15, 0.2) is 0 Å². The van der Waals surface area contributed by atoms with E-state index in [0.717, 1.165) is 5.75 Å². The topological polar surface area (TPSA) is 126 Å². The summed E-state index contributed by atoms with van der Waals surface area (Å²) in [6.07, 6.45) is 3.83. The first-order valence-electron chi connectivity index (χ1n) is 10.9.